The lowest BCUT2D eigenvalue weighted by atomic mass is 9.96. The van der Waals surface area contributed by atoms with Crippen LogP contribution in [-0.4, -0.2) is 0 Å². The van der Waals surface area contributed by atoms with E-state index in [4.69, 9.17) is 0 Å². The lowest BCUT2D eigenvalue weighted by Gasteiger charge is -2.10. The van der Waals surface area contributed by atoms with Gasteiger partial charge in [-0.2, -0.15) is 0 Å². The molecule has 13 heavy (non-hydrogen) atoms. The van der Waals surface area contributed by atoms with Gasteiger partial charge in [-0.1, -0.05) is 66.7 Å². The van der Waals surface area contributed by atoms with E-state index >= 15 is 0 Å². The number of hydrogen-bond acceptors (Lipinski definition) is 0. The van der Waals surface area contributed by atoms with Crippen molar-refractivity contribution in [1.29, 1.82) is 0 Å². The Hall–Kier alpha value is 0. The van der Waals surface area contributed by atoms with Crippen LogP contribution >= 0.6 is 0 Å². The molecule has 0 N–H and O–H groups in total. The van der Waals surface area contributed by atoms with Gasteiger partial charge in [0.05, 0.1) is 0 Å². The Kier molecular flexibility index (Phi) is 7.41. The lowest BCUT2D eigenvalue weighted by molar-refractivity contribution is 0.407. The molecule has 0 saturated heterocycles. The van der Waals surface area contributed by atoms with Crippen LogP contribution in [-0.2, 0) is 0 Å². The largest absolute Gasteiger partial charge is 0.0651 e. The summed E-state index contributed by atoms with van der Waals surface area (Å²) in [5.41, 5.74) is 0. The van der Waals surface area contributed by atoms with Crippen LogP contribution in [0.4, 0.5) is 0 Å². The molecule has 1 saturated carbocycles. The Morgan fingerprint density at radius 2 is 1.69 bits per heavy atom. The first-order valence-corrected chi connectivity index (χ1v) is 6.11. The van der Waals surface area contributed by atoms with Crippen LogP contribution in [0.3, 0.4) is 0 Å². The molecule has 0 spiro atoms. The van der Waals surface area contributed by atoms with Gasteiger partial charge in [-0.3, -0.25) is 0 Å². The molecule has 80 valence electrons. The third kappa shape index (κ3) is 6.12. The summed E-state index contributed by atoms with van der Waals surface area (Å²) in [5.74, 6) is 2.98. The fraction of sp³-hybridized carbons (Fsp3) is 1.00. The maximum Gasteiger partial charge on any atom is -0.0391 e. The van der Waals surface area contributed by atoms with Crippen LogP contribution < -0.4 is 0 Å². The zero-order chi connectivity index (χ0) is 10.3. The zero-order valence-electron chi connectivity index (χ0n) is 10.3. The Labute approximate surface area is 85.1 Å². The second-order valence-electron chi connectivity index (χ2n) is 4.88. The SMILES string of the molecule is CCC(C)C.CCC1CCCC1C. The van der Waals surface area contributed by atoms with Gasteiger partial charge in [0.1, 0.15) is 0 Å². The maximum atomic E-state index is 2.39. The second kappa shape index (κ2) is 7.41. The van der Waals surface area contributed by atoms with E-state index in [-0.39, 0.29) is 0 Å². The molecule has 2 atom stereocenters. The van der Waals surface area contributed by atoms with Gasteiger partial charge in [0.2, 0.25) is 0 Å². The fourth-order valence-electron chi connectivity index (χ4n) is 1.83. The molecule has 0 bridgehead atoms. The Balaban J connectivity index is 0.000000252. The second-order valence-corrected chi connectivity index (χ2v) is 4.88. The quantitative estimate of drug-likeness (QED) is 0.573. The first-order valence-electron chi connectivity index (χ1n) is 6.11. The summed E-state index contributed by atoms with van der Waals surface area (Å²) in [7, 11) is 0. The van der Waals surface area contributed by atoms with Crippen LogP contribution in [0.25, 0.3) is 0 Å². The van der Waals surface area contributed by atoms with Crippen molar-refractivity contribution in [3.05, 3.63) is 0 Å². The van der Waals surface area contributed by atoms with Crippen molar-refractivity contribution >= 4 is 0 Å². The van der Waals surface area contributed by atoms with Crippen LogP contribution in [0.1, 0.15) is 66.7 Å². The third-order valence-electron chi connectivity index (χ3n) is 3.38. The predicted octanol–water partition coefficient (Wildman–Crippen LogP) is 4.89. The summed E-state index contributed by atoms with van der Waals surface area (Å²) < 4.78 is 0. The first-order chi connectivity index (χ1) is 6.11. The van der Waals surface area contributed by atoms with E-state index in [2.05, 4.69) is 34.6 Å². The summed E-state index contributed by atoms with van der Waals surface area (Å²) in [6, 6.07) is 0. The van der Waals surface area contributed by atoms with Crippen LogP contribution in [0.2, 0.25) is 0 Å². The van der Waals surface area contributed by atoms with E-state index in [9.17, 15) is 0 Å². The standard InChI is InChI=1S/C8H16.C5H12/c1-3-8-6-4-5-7(8)2;1-4-5(2)3/h7-8H,3-6H2,1-2H3;5H,4H2,1-3H3. The molecule has 1 fully saturated rings. The highest BCUT2D eigenvalue weighted by molar-refractivity contribution is 4.72. The summed E-state index contributed by atoms with van der Waals surface area (Å²) in [6.07, 6.45) is 7.18. The van der Waals surface area contributed by atoms with E-state index in [1.165, 1.54) is 32.1 Å². The lowest BCUT2D eigenvalue weighted by Crippen LogP contribution is -2.00. The van der Waals surface area contributed by atoms with E-state index in [0.29, 0.717) is 0 Å². The fourth-order valence-corrected chi connectivity index (χ4v) is 1.83. The van der Waals surface area contributed by atoms with Crippen molar-refractivity contribution in [3.8, 4) is 0 Å². The van der Waals surface area contributed by atoms with Gasteiger partial charge in [0, 0.05) is 0 Å². The van der Waals surface area contributed by atoms with Gasteiger partial charge in [-0.25, -0.2) is 0 Å². The smallest absolute Gasteiger partial charge is 0.0391 e. The average Bonchev–Trinajstić information content (AvgIpc) is 2.52. The number of rotatable bonds is 2. The Morgan fingerprint density at radius 1 is 1.15 bits per heavy atom. The van der Waals surface area contributed by atoms with Crippen molar-refractivity contribution in [2.75, 3.05) is 0 Å². The highest BCUT2D eigenvalue weighted by atomic mass is 14.3. The molecule has 0 radical (unpaired) electrons. The van der Waals surface area contributed by atoms with E-state index in [0.717, 1.165) is 17.8 Å². The monoisotopic (exact) mass is 184 g/mol. The Morgan fingerprint density at radius 3 is 1.85 bits per heavy atom. The summed E-state index contributed by atoms with van der Waals surface area (Å²) >= 11 is 0. The summed E-state index contributed by atoms with van der Waals surface area (Å²) in [5, 5.41) is 0. The van der Waals surface area contributed by atoms with Crippen molar-refractivity contribution in [2.45, 2.75) is 66.7 Å². The number of hydrogen-bond donors (Lipinski definition) is 0. The Bertz CT molecular complexity index is 105. The minimum absolute atomic E-state index is 0.884. The molecule has 0 nitrogen and oxygen atoms in total. The highest BCUT2D eigenvalue weighted by Gasteiger charge is 2.20. The van der Waals surface area contributed by atoms with Crippen LogP contribution in [0.15, 0.2) is 0 Å². The van der Waals surface area contributed by atoms with Gasteiger partial charge in [-0.15, -0.1) is 0 Å². The minimum Gasteiger partial charge on any atom is -0.0651 e. The summed E-state index contributed by atoms with van der Waals surface area (Å²) in [4.78, 5) is 0. The van der Waals surface area contributed by atoms with E-state index < -0.39 is 0 Å². The molecule has 1 aliphatic rings. The molecular weight excluding hydrogens is 156 g/mol. The molecule has 0 aromatic rings. The van der Waals surface area contributed by atoms with E-state index in [1.54, 1.807) is 0 Å². The minimum atomic E-state index is 0.884. The maximum absolute atomic E-state index is 2.39. The third-order valence-corrected chi connectivity index (χ3v) is 3.38. The van der Waals surface area contributed by atoms with Gasteiger partial charge in [0.15, 0.2) is 0 Å². The van der Waals surface area contributed by atoms with E-state index in [1.807, 2.05) is 0 Å². The normalized spacial score (nSPS) is 27.2. The van der Waals surface area contributed by atoms with Crippen molar-refractivity contribution in [2.24, 2.45) is 17.8 Å². The van der Waals surface area contributed by atoms with Crippen LogP contribution in [0.5, 0.6) is 0 Å². The first kappa shape index (κ1) is 13.0. The average molecular weight is 184 g/mol. The summed E-state index contributed by atoms with van der Waals surface area (Å²) in [6.45, 7) is 11.3. The molecule has 1 aliphatic carbocycles. The predicted molar refractivity (Wildman–Crippen MR) is 61.9 cm³/mol. The van der Waals surface area contributed by atoms with Gasteiger partial charge >= 0.3 is 0 Å². The molecule has 0 amide bonds. The van der Waals surface area contributed by atoms with Crippen molar-refractivity contribution < 1.29 is 0 Å². The van der Waals surface area contributed by atoms with Crippen molar-refractivity contribution in [3.63, 3.8) is 0 Å². The zero-order valence-corrected chi connectivity index (χ0v) is 10.3. The molecule has 1 rings (SSSR count). The molecule has 0 heterocycles. The van der Waals surface area contributed by atoms with Crippen molar-refractivity contribution in [1.82, 2.24) is 0 Å². The topological polar surface area (TPSA) is 0 Å². The molecule has 0 aliphatic heterocycles. The molecule has 0 heteroatoms. The van der Waals surface area contributed by atoms with Gasteiger partial charge in [-0.05, 0) is 17.8 Å². The molecule has 0 aromatic heterocycles. The highest BCUT2D eigenvalue weighted by Crippen LogP contribution is 2.32. The molecule has 2 unspecified atom stereocenters. The van der Waals surface area contributed by atoms with Gasteiger partial charge in [0.25, 0.3) is 0 Å². The van der Waals surface area contributed by atoms with Crippen LogP contribution in [0, 0.1) is 17.8 Å². The molecule has 0 aromatic carbocycles. The van der Waals surface area contributed by atoms with Gasteiger partial charge < -0.3 is 0 Å². The molecular formula is C13H28.